The van der Waals surface area contributed by atoms with Gasteiger partial charge in [0.2, 0.25) is 10.0 Å². The van der Waals surface area contributed by atoms with Crippen LogP contribution in [-0.2, 0) is 25.7 Å². The van der Waals surface area contributed by atoms with Gasteiger partial charge in [0, 0.05) is 26.2 Å². The van der Waals surface area contributed by atoms with Crippen molar-refractivity contribution >= 4 is 15.9 Å². The van der Waals surface area contributed by atoms with Gasteiger partial charge in [0.05, 0.1) is 23.7 Å². The number of ether oxygens (including phenoxy) is 1. The Labute approximate surface area is 161 Å². The smallest absolute Gasteiger partial charge is 0.370 e. The second-order valence-electron chi connectivity index (χ2n) is 6.82. The molecule has 1 aromatic carbocycles. The maximum atomic E-state index is 13.2. The number of nitrogens with zero attached hydrogens (tertiary/aromatic N) is 2. The van der Waals surface area contributed by atoms with Crippen molar-refractivity contribution < 1.29 is 36.0 Å². The van der Waals surface area contributed by atoms with Gasteiger partial charge in [-0.3, -0.25) is 4.79 Å². The zero-order valence-electron chi connectivity index (χ0n) is 15.2. The number of alkyl halides is 3. The van der Waals surface area contributed by atoms with Gasteiger partial charge in [-0.1, -0.05) is 12.1 Å². The normalized spacial score (nSPS) is 20.3. The van der Waals surface area contributed by atoms with E-state index in [4.69, 9.17) is 4.74 Å². The number of amides is 1. The van der Waals surface area contributed by atoms with Crippen LogP contribution in [0.25, 0.3) is 0 Å². The van der Waals surface area contributed by atoms with E-state index >= 15 is 0 Å². The number of halogens is 3. The number of hydrogen-bond donors (Lipinski definition) is 1. The zero-order chi connectivity index (χ0) is 20.4. The first-order valence-electron chi connectivity index (χ1n) is 9.05. The second kappa shape index (κ2) is 8.36. The largest absolute Gasteiger partial charge is 0.417 e. The van der Waals surface area contributed by atoms with Gasteiger partial charge < -0.3 is 14.5 Å². The molecule has 1 N–H and O–H groups in total. The SMILES string of the molecule is O=C(C[NH+]1CCOCC1)N1CCN(S(=O)(=O)c2ccccc2C(F)(F)F)CC1. The summed E-state index contributed by atoms with van der Waals surface area (Å²) < 4.78 is 71.3. The summed E-state index contributed by atoms with van der Waals surface area (Å²) >= 11 is 0. The lowest BCUT2D eigenvalue weighted by Crippen LogP contribution is -3.15. The number of hydrogen-bond acceptors (Lipinski definition) is 4. The van der Waals surface area contributed by atoms with Gasteiger partial charge in [0.25, 0.3) is 5.91 Å². The minimum Gasteiger partial charge on any atom is -0.370 e. The number of quaternary nitrogens is 1. The second-order valence-corrected chi connectivity index (χ2v) is 8.72. The highest BCUT2D eigenvalue weighted by atomic mass is 32.2. The van der Waals surface area contributed by atoms with Crippen molar-refractivity contribution in [3.8, 4) is 0 Å². The van der Waals surface area contributed by atoms with E-state index in [9.17, 15) is 26.4 Å². The van der Waals surface area contributed by atoms with E-state index in [-0.39, 0.29) is 32.1 Å². The van der Waals surface area contributed by atoms with Gasteiger partial charge in [-0.2, -0.15) is 17.5 Å². The average Bonchev–Trinajstić information content (AvgIpc) is 2.68. The zero-order valence-corrected chi connectivity index (χ0v) is 16.1. The van der Waals surface area contributed by atoms with E-state index in [1.54, 1.807) is 4.90 Å². The highest BCUT2D eigenvalue weighted by Crippen LogP contribution is 2.35. The molecule has 0 radical (unpaired) electrons. The van der Waals surface area contributed by atoms with Crippen LogP contribution in [0.5, 0.6) is 0 Å². The Morgan fingerprint density at radius 3 is 2.29 bits per heavy atom. The molecule has 156 valence electrons. The Balaban J connectivity index is 1.65. The number of rotatable bonds is 4. The van der Waals surface area contributed by atoms with Crippen LogP contribution in [0.2, 0.25) is 0 Å². The average molecular weight is 422 g/mol. The van der Waals surface area contributed by atoms with Crippen LogP contribution in [0.1, 0.15) is 5.56 Å². The Hall–Kier alpha value is -1.69. The van der Waals surface area contributed by atoms with Crippen LogP contribution < -0.4 is 4.90 Å². The number of nitrogens with one attached hydrogen (secondary N) is 1. The van der Waals surface area contributed by atoms with E-state index in [2.05, 4.69) is 0 Å². The number of sulfonamides is 1. The van der Waals surface area contributed by atoms with E-state index < -0.39 is 26.7 Å². The van der Waals surface area contributed by atoms with Gasteiger partial charge in [0.1, 0.15) is 13.1 Å². The third kappa shape index (κ3) is 4.65. The predicted molar refractivity (Wildman–Crippen MR) is 93.2 cm³/mol. The fraction of sp³-hybridized carbons (Fsp3) is 0.588. The molecule has 1 amide bonds. The molecule has 1 aromatic rings. The minimum atomic E-state index is -4.76. The molecule has 0 spiro atoms. The maximum absolute atomic E-state index is 13.2. The van der Waals surface area contributed by atoms with E-state index in [1.165, 1.54) is 6.07 Å². The Morgan fingerprint density at radius 2 is 1.68 bits per heavy atom. The molecule has 0 bridgehead atoms. The summed E-state index contributed by atoms with van der Waals surface area (Å²) in [6.45, 7) is 3.28. The molecule has 2 saturated heterocycles. The molecule has 3 rings (SSSR count). The van der Waals surface area contributed by atoms with Gasteiger partial charge in [-0.15, -0.1) is 0 Å². The Morgan fingerprint density at radius 1 is 1.07 bits per heavy atom. The molecule has 0 aromatic heterocycles. The summed E-state index contributed by atoms with van der Waals surface area (Å²) in [6, 6.07) is 4.16. The number of carbonyl (C=O) groups excluding carboxylic acids is 1. The van der Waals surface area contributed by atoms with Crippen LogP contribution in [-0.4, -0.2) is 82.6 Å². The van der Waals surface area contributed by atoms with Gasteiger partial charge in [-0.25, -0.2) is 8.42 Å². The van der Waals surface area contributed by atoms with E-state index in [1.807, 2.05) is 0 Å². The third-order valence-electron chi connectivity index (χ3n) is 5.00. The van der Waals surface area contributed by atoms with Crippen molar-refractivity contribution in [2.24, 2.45) is 0 Å². The summed E-state index contributed by atoms with van der Waals surface area (Å²) in [6.07, 6.45) is -4.76. The predicted octanol–water partition coefficient (Wildman–Crippen LogP) is -0.547. The van der Waals surface area contributed by atoms with Gasteiger partial charge in [-0.05, 0) is 12.1 Å². The molecule has 11 heteroatoms. The lowest BCUT2D eigenvalue weighted by Gasteiger charge is -2.35. The summed E-state index contributed by atoms with van der Waals surface area (Å²) in [5, 5.41) is 0. The molecule has 28 heavy (non-hydrogen) atoms. The van der Waals surface area contributed by atoms with E-state index in [0.717, 1.165) is 40.5 Å². The van der Waals surface area contributed by atoms with Crippen molar-refractivity contribution in [1.82, 2.24) is 9.21 Å². The fourth-order valence-corrected chi connectivity index (χ4v) is 5.04. The van der Waals surface area contributed by atoms with Gasteiger partial charge >= 0.3 is 6.18 Å². The highest BCUT2D eigenvalue weighted by Gasteiger charge is 2.40. The lowest BCUT2D eigenvalue weighted by atomic mass is 10.2. The molecule has 0 saturated carbocycles. The first kappa shape index (κ1) is 21.0. The lowest BCUT2D eigenvalue weighted by molar-refractivity contribution is -0.900. The quantitative estimate of drug-likeness (QED) is 0.707. The first-order chi connectivity index (χ1) is 13.2. The molecule has 0 aliphatic carbocycles. The monoisotopic (exact) mass is 422 g/mol. The maximum Gasteiger partial charge on any atom is 0.417 e. The van der Waals surface area contributed by atoms with Crippen LogP contribution >= 0.6 is 0 Å². The summed E-state index contributed by atoms with van der Waals surface area (Å²) in [5.41, 5.74) is -1.18. The van der Waals surface area contributed by atoms with Crippen LogP contribution in [0, 0.1) is 0 Å². The van der Waals surface area contributed by atoms with Crippen LogP contribution in [0.4, 0.5) is 13.2 Å². The standard InChI is InChI=1S/C17H22F3N3O4S/c18-17(19,20)14-3-1-2-4-15(14)28(25,26)23-7-5-22(6-8-23)16(24)13-21-9-11-27-12-10-21/h1-4H,5-13H2/p+1. The van der Waals surface area contributed by atoms with Gasteiger partial charge in [0.15, 0.2) is 6.54 Å². The summed E-state index contributed by atoms with van der Waals surface area (Å²) in [7, 11) is -4.30. The Kier molecular flexibility index (Phi) is 6.28. The number of benzene rings is 1. The van der Waals surface area contributed by atoms with Crippen molar-refractivity contribution in [2.75, 3.05) is 59.0 Å². The molecule has 2 aliphatic rings. The summed E-state index contributed by atoms with van der Waals surface area (Å²) in [4.78, 5) is 14.4. The summed E-state index contributed by atoms with van der Waals surface area (Å²) in [5.74, 6) is -0.0790. The molecule has 0 unspecified atom stereocenters. The number of piperazine rings is 1. The van der Waals surface area contributed by atoms with Crippen LogP contribution in [0.3, 0.4) is 0 Å². The number of carbonyl (C=O) groups is 1. The molecular weight excluding hydrogens is 399 g/mol. The topological polar surface area (TPSA) is 71.4 Å². The minimum absolute atomic E-state index is 0.0291. The van der Waals surface area contributed by atoms with E-state index in [0.29, 0.717) is 19.8 Å². The third-order valence-corrected chi connectivity index (χ3v) is 6.96. The van der Waals surface area contributed by atoms with Crippen molar-refractivity contribution in [3.05, 3.63) is 29.8 Å². The van der Waals surface area contributed by atoms with Crippen LogP contribution in [0.15, 0.2) is 29.2 Å². The number of morpholine rings is 1. The Bertz CT molecular complexity index is 802. The highest BCUT2D eigenvalue weighted by molar-refractivity contribution is 7.89. The first-order valence-corrected chi connectivity index (χ1v) is 10.5. The molecule has 2 aliphatic heterocycles. The molecule has 0 atom stereocenters. The molecule has 7 nitrogen and oxygen atoms in total. The fourth-order valence-electron chi connectivity index (χ4n) is 3.41. The van der Waals surface area contributed by atoms with Crippen molar-refractivity contribution in [2.45, 2.75) is 11.1 Å². The molecule has 2 heterocycles. The molecule has 2 fully saturated rings. The van der Waals surface area contributed by atoms with Crippen molar-refractivity contribution in [1.29, 1.82) is 0 Å². The molecular formula is C17H23F3N3O4S+. The van der Waals surface area contributed by atoms with Crippen molar-refractivity contribution in [3.63, 3.8) is 0 Å².